The summed E-state index contributed by atoms with van der Waals surface area (Å²) in [6.07, 6.45) is -3.04. The number of aromatic nitrogens is 6. The summed E-state index contributed by atoms with van der Waals surface area (Å²) in [5, 5.41) is 6.98. The normalized spacial score (nSPS) is 12.4. The van der Waals surface area contributed by atoms with Gasteiger partial charge < -0.3 is 19.9 Å². The van der Waals surface area contributed by atoms with Crippen molar-refractivity contribution in [3.05, 3.63) is 169 Å². The minimum Gasteiger partial charge on any atom is -0.413 e. The number of hydrogen-bond donors (Lipinski definition) is 0. The Kier molecular flexibility index (Phi) is 9.85. The van der Waals surface area contributed by atoms with E-state index in [1.165, 1.54) is 0 Å². The average Bonchev–Trinajstić information content (AvgIpc) is 3.66. The zero-order chi connectivity index (χ0) is 33.8. The first kappa shape index (κ1) is 34.2. The number of pyridine rings is 3. The van der Waals surface area contributed by atoms with Crippen molar-refractivity contribution < 1.29 is 33.3 Å². The van der Waals surface area contributed by atoms with E-state index in [1.807, 2.05) is 127 Å². The van der Waals surface area contributed by atoms with Crippen molar-refractivity contribution in [3.8, 4) is 11.5 Å². The molecule has 4 heterocycles. The predicted octanol–water partition coefficient (Wildman–Crippen LogP) is 8.47. The van der Waals surface area contributed by atoms with Gasteiger partial charge in [0, 0.05) is 11.9 Å². The van der Waals surface area contributed by atoms with Crippen LogP contribution in [0, 0.1) is 12.1 Å². The molecule has 0 saturated heterocycles. The van der Waals surface area contributed by atoms with Crippen molar-refractivity contribution >= 4 is 28.7 Å². The third-order valence-electron chi connectivity index (χ3n) is 7.85. The van der Waals surface area contributed by atoms with Gasteiger partial charge in [-0.2, -0.15) is 61.7 Å². The van der Waals surface area contributed by atoms with Crippen molar-refractivity contribution in [2.45, 2.75) is 18.6 Å². The second-order valence-electron chi connectivity index (χ2n) is 11.0. The van der Waals surface area contributed by atoms with Crippen molar-refractivity contribution in [2.24, 2.45) is 0 Å². The first-order valence-corrected chi connectivity index (χ1v) is 15.2. The largest absolute Gasteiger partial charge is 3.00 e. The van der Waals surface area contributed by atoms with Gasteiger partial charge >= 0.3 is 26.3 Å². The van der Waals surface area contributed by atoms with Crippen LogP contribution in [-0.2, 0) is 31.8 Å². The Morgan fingerprint density at radius 3 is 1.92 bits per heavy atom. The van der Waals surface area contributed by atoms with E-state index in [1.54, 1.807) is 24.4 Å². The molecule has 0 N–H and O–H groups in total. The van der Waals surface area contributed by atoms with Crippen LogP contribution in [0.2, 0.25) is 0 Å². The van der Waals surface area contributed by atoms with Gasteiger partial charge in [-0.1, -0.05) is 47.8 Å². The summed E-state index contributed by atoms with van der Waals surface area (Å²) in [6.45, 7) is 1.96. The van der Waals surface area contributed by atoms with E-state index in [-0.39, 0.29) is 31.6 Å². The average molecular weight is 844 g/mol. The molecule has 12 heteroatoms. The zero-order valence-electron chi connectivity index (χ0n) is 26.3. The summed E-state index contributed by atoms with van der Waals surface area (Å²) >= 11 is 0. The van der Waals surface area contributed by atoms with Crippen LogP contribution in [0.25, 0.3) is 11.5 Å². The van der Waals surface area contributed by atoms with E-state index in [0.717, 1.165) is 11.4 Å². The number of halogens is 3. The SMILES string of the molecule is CC(c1cccc(-c2nc(C(F)(F)F)n[n-]2)n1)(c1cccc(N(c2[c-]cccc2)c2ccccn2)n1)N(c1[c-]cccc1)c1ccccc1.[Ir+3]. The summed E-state index contributed by atoms with van der Waals surface area (Å²) in [6, 6.07) is 47.8. The smallest absolute Gasteiger partial charge is 0.413 e. The van der Waals surface area contributed by atoms with Crippen LogP contribution < -0.4 is 14.9 Å². The van der Waals surface area contributed by atoms with Gasteiger partial charge in [0.2, 0.25) is 0 Å². The number of benzene rings is 3. The van der Waals surface area contributed by atoms with Crippen molar-refractivity contribution in [1.82, 2.24) is 30.1 Å². The second-order valence-corrected chi connectivity index (χ2v) is 11.0. The molecular weight excluding hydrogens is 818 g/mol. The molecule has 0 bridgehead atoms. The van der Waals surface area contributed by atoms with Crippen LogP contribution in [-0.4, -0.2) is 25.0 Å². The molecule has 0 spiro atoms. The van der Waals surface area contributed by atoms with Gasteiger partial charge in [-0.3, -0.25) is 10.1 Å². The molecule has 0 amide bonds. The van der Waals surface area contributed by atoms with Crippen molar-refractivity contribution in [2.75, 3.05) is 9.80 Å². The summed E-state index contributed by atoms with van der Waals surface area (Å²) in [7, 11) is 0. The maximum Gasteiger partial charge on any atom is 3.00 e. The van der Waals surface area contributed by atoms with Gasteiger partial charge in [0.05, 0.1) is 17.1 Å². The molecule has 7 aromatic rings. The fourth-order valence-corrected chi connectivity index (χ4v) is 5.59. The maximum atomic E-state index is 13.4. The predicted molar refractivity (Wildman–Crippen MR) is 179 cm³/mol. The fourth-order valence-electron chi connectivity index (χ4n) is 5.59. The van der Waals surface area contributed by atoms with Crippen LogP contribution in [0.3, 0.4) is 0 Å². The molecule has 50 heavy (non-hydrogen) atoms. The number of anilines is 5. The quantitative estimate of drug-likeness (QED) is 0.134. The van der Waals surface area contributed by atoms with Crippen LogP contribution in [0.4, 0.5) is 41.9 Å². The monoisotopic (exact) mass is 844 g/mol. The molecule has 0 saturated carbocycles. The van der Waals surface area contributed by atoms with Crippen LogP contribution in [0.1, 0.15) is 24.1 Å². The van der Waals surface area contributed by atoms with E-state index >= 15 is 0 Å². The van der Waals surface area contributed by atoms with Crippen LogP contribution >= 0.6 is 0 Å². The van der Waals surface area contributed by atoms with Gasteiger partial charge in [0.15, 0.2) is 0 Å². The molecule has 1 atom stereocenters. The van der Waals surface area contributed by atoms with Crippen molar-refractivity contribution in [3.63, 3.8) is 0 Å². The Morgan fingerprint density at radius 1 is 0.640 bits per heavy atom. The third kappa shape index (κ3) is 6.76. The minimum atomic E-state index is -4.75. The van der Waals surface area contributed by atoms with E-state index < -0.39 is 17.5 Å². The van der Waals surface area contributed by atoms with E-state index in [2.05, 4.69) is 37.2 Å². The number of rotatable bonds is 9. The number of nitrogens with zero attached hydrogens (tertiary/aromatic N) is 8. The van der Waals surface area contributed by atoms with Crippen LogP contribution in [0.5, 0.6) is 0 Å². The Balaban J connectivity index is 0.00000432. The van der Waals surface area contributed by atoms with Crippen LogP contribution in [0.15, 0.2) is 140 Å². The molecular formula is C38H26F3IrN8. The molecule has 0 radical (unpaired) electrons. The Morgan fingerprint density at radius 2 is 1.28 bits per heavy atom. The third-order valence-corrected chi connectivity index (χ3v) is 7.85. The Labute approximate surface area is 300 Å². The van der Waals surface area contributed by atoms with Gasteiger partial charge in [-0.25, -0.2) is 9.97 Å². The van der Waals surface area contributed by atoms with Gasteiger partial charge in [0.1, 0.15) is 23.0 Å². The number of para-hydroxylation sites is 3. The molecule has 0 aliphatic rings. The molecule has 8 nitrogen and oxygen atoms in total. The molecule has 248 valence electrons. The number of alkyl halides is 3. The topological polar surface area (TPSA) is 85.0 Å². The van der Waals surface area contributed by atoms with Crippen molar-refractivity contribution in [1.29, 1.82) is 0 Å². The fraction of sp³-hybridized carbons (Fsp3) is 0.0789. The first-order valence-electron chi connectivity index (χ1n) is 15.2. The molecule has 0 fully saturated rings. The summed E-state index contributed by atoms with van der Waals surface area (Å²) in [5.41, 5.74) is 2.21. The Bertz CT molecular complexity index is 2070. The molecule has 7 rings (SSSR count). The molecule has 0 aliphatic carbocycles. The van der Waals surface area contributed by atoms with Gasteiger partial charge in [-0.15, -0.1) is 12.1 Å². The second kappa shape index (κ2) is 14.4. The summed E-state index contributed by atoms with van der Waals surface area (Å²) in [5.74, 6) is -0.376. The van der Waals surface area contributed by atoms with Gasteiger partial charge in [0.25, 0.3) is 0 Å². The summed E-state index contributed by atoms with van der Waals surface area (Å²) < 4.78 is 40.3. The standard InChI is InChI=1S/C38H26F3N8.Ir/c1-37(49(28-17-7-3-8-18-28)29-19-9-4-10-20-29,31-22-13-21-30(43-31)35-45-36(47-46-35)38(39,40)41)32-23-14-25-34(44-32)48(27-15-5-2-6-16-27)33-24-11-12-26-42-33;/h2-15,17-19,21-26H,1H3;/q-3;+3. The Hall–Kier alpha value is -5.71. The molecule has 0 aliphatic heterocycles. The maximum absolute atomic E-state index is 13.4. The van der Waals surface area contributed by atoms with E-state index in [0.29, 0.717) is 28.7 Å². The summed E-state index contributed by atoms with van der Waals surface area (Å²) in [4.78, 5) is 22.4. The van der Waals surface area contributed by atoms with E-state index in [9.17, 15) is 13.2 Å². The zero-order valence-corrected chi connectivity index (χ0v) is 28.7. The van der Waals surface area contributed by atoms with E-state index in [4.69, 9.17) is 9.97 Å². The molecule has 1 unspecified atom stereocenters. The number of hydrogen-bond acceptors (Lipinski definition) is 7. The minimum absolute atomic E-state index is 0. The van der Waals surface area contributed by atoms with Gasteiger partial charge in [-0.05, 0) is 61.3 Å². The first-order chi connectivity index (χ1) is 23.8. The molecule has 3 aromatic carbocycles. The molecule has 4 aromatic heterocycles.